The average molecular weight is 694 g/mol. The Morgan fingerprint density at radius 1 is 0.636 bits per heavy atom. The van der Waals surface area contributed by atoms with Crippen molar-refractivity contribution in [3.8, 4) is 11.5 Å². The molecule has 0 heterocycles. The van der Waals surface area contributed by atoms with Crippen molar-refractivity contribution in [1.29, 1.82) is 0 Å². The first-order valence-corrected chi connectivity index (χ1v) is 18.8. The van der Waals surface area contributed by atoms with E-state index in [2.05, 4.69) is 91.0 Å². The molecule has 0 spiro atoms. The SMILES string of the molecule is CCOC(OCC)[Si]CCCCCCCCOc1ccc(O)cc1[P+](c1ccccc1)(c1ccccc1)c1ccccc1.[Br-]. The van der Waals surface area contributed by atoms with Gasteiger partial charge in [0.05, 0.1) is 6.61 Å². The highest BCUT2D eigenvalue weighted by molar-refractivity contribution is 8.01. The molecule has 7 heteroatoms. The smallest absolute Gasteiger partial charge is 0.162 e. The van der Waals surface area contributed by atoms with E-state index in [0.29, 0.717) is 29.3 Å². The van der Waals surface area contributed by atoms with E-state index in [1.54, 1.807) is 6.07 Å². The maximum absolute atomic E-state index is 10.8. The van der Waals surface area contributed by atoms with Crippen LogP contribution in [0.15, 0.2) is 109 Å². The van der Waals surface area contributed by atoms with Crippen LogP contribution in [0, 0.1) is 0 Å². The summed E-state index contributed by atoms with van der Waals surface area (Å²) in [7, 11) is -1.65. The third-order valence-corrected chi connectivity index (χ3v) is 13.1. The van der Waals surface area contributed by atoms with Crippen molar-refractivity contribution in [2.75, 3.05) is 19.8 Å². The summed E-state index contributed by atoms with van der Waals surface area (Å²) in [4.78, 5) is 0. The standard InChI is InChI=1S/C37H45O4PSi.BrH/c1-3-39-37(40-4-2)43-29-19-8-6-5-7-18-28-41-35-27-26-31(38)30-36(35)42(32-20-12-9-13-21-32,33-22-14-10-15-23-33)34-24-16-11-17-25-34;/h9-17,20-27,30,37H,3-8,18-19,28-29H2,1-2H3;1H. The van der Waals surface area contributed by atoms with Gasteiger partial charge < -0.3 is 36.3 Å². The van der Waals surface area contributed by atoms with Gasteiger partial charge in [0.1, 0.15) is 44.4 Å². The van der Waals surface area contributed by atoms with Crippen LogP contribution < -0.4 is 42.9 Å². The van der Waals surface area contributed by atoms with Crippen LogP contribution in [0.5, 0.6) is 11.5 Å². The Balaban J connectivity index is 0.00000529. The van der Waals surface area contributed by atoms with E-state index in [-0.39, 0.29) is 28.6 Å². The predicted octanol–water partition coefficient (Wildman–Crippen LogP) is 4.21. The lowest BCUT2D eigenvalue weighted by Crippen LogP contribution is -3.00. The van der Waals surface area contributed by atoms with Crippen molar-refractivity contribution in [2.24, 2.45) is 0 Å². The molecule has 44 heavy (non-hydrogen) atoms. The molecule has 0 aliphatic heterocycles. The van der Waals surface area contributed by atoms with Gasteiger partial charge in [-0.1, -0.05) is 92.7 Å². The monoisotopic (exact) mass is 692 g/mol. The lowest BCUT2D eigenvalue weighted by Gasteiger charge is -2.29. The summed E-state index contributed by atoms with van der Waals surface area (Å²) in [6.45, 7) is 6.12. The number of ether oxygens (including phenoxy) is 3. The van der Waals surface area contributed by atoms with Gasteiger partial charge in [0, 0.05) is 19.3 Å². The Bertz CT molecular complexity index is 1220. The normalized spacial score (nSPS) is 11.3. The summed E-state index contributed by atoms with van der Waals surface area (Å²) in [5.41, 5.74) is 0. The fourth-order valence-corrected chi connectivity index (χ4v) is 11.2. The largest absolute Gasteiger partial charge is 1.00 e. The minimum absolute atomic E-state index is 0. The van der Waals surface area contributed by atoms with Crippen molar-refractivity contribution >= 4 is 38.0 Å². The van der Waals surface area contributed by atoms with Crippen molar-refractivity contribution < 1.29 is 36.3 Å². The highest BCUT2D eigenvalue weighted by Gasteiger charge is 2.50. The number of aromatic hydroxyl groups is 1. The minimum atomic E-state index is -2.37. The van der Waals surface area contributed by atoms with Gasteiger partial charge in [-0.05, 0) is 68.8 Å². The van der Waals surface area contributed by atoms with E-state index in [1.165, 1.54) is 47.6 Å². The maximum atomic E-state index is 10.8. The second kappa shape index (κ2) is 19.8. The summed E-state index contributed by atoms with van der Waals surface area (Å²) >= 11 is 0. The zero-order valence-corrected chi connectivity index (χ0v) is 29.5. The molecule has 0 aromatic heterocycles. The third-order valence-electron chi connectivity index (χ3n) is 7.51. The Morgan fingerprint density at radius 3 is 1.61 bits per heavy atom. The molecule has 4 nitrogen and oxygen atoms in total. The summed E-state index contributed by atoms with van der Waals surface area (Å²) in [5.74, 6) is 1.08. The zero-order valence-electron chi connectivity index (χ0n) is 26.0. The van der Waals surface area contributed by atoms with Gasteiger partial charge in [0.2, 0.25) is 0 Å². The van der Waals surface area contributed by atoms with Crippen LogP contribution in [0.25, 0.3) is 0 Å². The molecular formula is C37H46BrO4PSi. The van der Waals surface area contributed by atoms with Gasteiger partial charge in [-0.15, -0.1) is 0 Å². The van der Waals surface area contributed by atoms with E-state index in [9.17, 15) is 5.11 Å². The first kappa shape index (κ1) is 36.0. The summed E-state index contributed by atoms with van der Waals surface area (Å²) < 4.78 is 17.9. The van der Waals surface area contributed by atoms with Gasteiger partial charge in [0.15, 0.2) is 11.1 Å². The Labute approximate surface area is 278 Å². The fraction of sp³-hybridized carbons (Fsp3) is 0.351. The summed E-state index contributed by atoms with van der Waals surface area (Å²) in [5, 5.41) is 15.6. The van der Waals surface area contributed by atoms with E-state index in [4.69, 9.17) is 14.2 Å². The fourth-order valence-electron chi connectivity index (χ4n) is 5.51. The van der Waals surface area contributed by atoms with Crippen LogP contribution in [0.3, 0.4) is 0 Å². The molecule has 234 valence electrons. The van der Waals surface area contributed by atoms with Crippen LogP contribution in [-0.4, -0.2) is 40.4 Å². The summed E-state index contributed by atoms with van der Waals surface area (Å²) in [6.07, 6.45) is 7.09. The second-order valence-corrected chi connectivity index (χ2v) is 15.2. The molecule has 0 amide bonds. The minimum Gasteiger partial charge on any atom is -1.00 e. The number of benzene rings is 4. The molecule has 0 bridgehead atoms. The van der Waals surface area contributed by atoms with Crippen molar-refractivity contribution in [2.45, 2.75) is 64.3 Å². The first-order chi connectivity index (χ1) is 21.2. The topological polar surface area (TPSA) is 47.9 Å². The van der Waals surface area contributed by atoms with Crippen molar-refractivity contribution in [3.05, 3.63) is 109 Å². The molecule has 0 saturated heterocycles. The van der Waals surface area contributed by atoms with Crippen molar-refractivity contribution in [3.63, 3.8) is 0 Å². The zero-order chi connectivity index (χ0) is 30.2. The van der Waals surface area contributed by atoms with Crippen LogP contribution >= 0.6 is 7.26 Å². The predicted molar refractivity (Wildman–Crippen MR) is 184 cm³/mol. The van der Waals surface area contributed by atoms with Crippen molar-refractivity contribution in [1.82, 2.24) is 0 Å². The van der Waals surface area contributed by atoms with Crippen LogP contribution in [0.1, 0.15) is 52.4 Å². The second-order valence-electron chi connectivity index (χ2n) is 10.5. The number of phenols is 1. The molecule has 4 aromatic rings. The highest BCUT2D eigenvalue weighted by Crippen LogP contribution is 2.56. The number of phenolic OH excluding ortho intramolecular Hbond substituents is 1. The Morgan fingerprint density at radius 2 is 1.11 bits per heavy atom. The number of halogens is 1. The Kier molecular flexibility index (Phi) is 16.2. The van der Waals surface area contributed by atoms with E-state index >= 15 is 0 Å². The number of hydrogen-bond acceptors (Lipinski definition) is 4. The quantitative estimate of drug-likeness (QED) is 0.0693. The highest BCUT2D eigenvalue weighted by atomic mass is 79.9. The molecule has 0 aliphatic carbocycles. The number of rotatable bonds is 19. The van der Waals surface area contributed by atoms with Gasteiger partial charge in [-0.25, -0.2) is 0 Å². The molecule has 4 aromatic carbocycles. The average Bonchev–Trinajstić information content (AvgIpc) is 3.05. The van der Waals surface area contributed by atoms with Gasteiger partial charge in [-0.2, -0.15) is 0 Å². The van der Waals surface area contributed by atoms with E-state index in [1.807, 2.05) is 26.0 Å². The molecule has 0 saturated carbocycles. The van der Waals surface area contributed by atoms with Crippen LogP contribution in [0.2, 0.25) is 6.04 Å². The number of hydrogen-bond donors (Lipinski definition) is 1. The molecule has 1 N–H and O–H groups in total. The molecular weight excluding hydrogens is 647 g/mol. The van der Waals surface area contributed by atoms with Crippen LogP contribution in [-0.2, 0) is 9.47 Å². The van der Waals surface area contributed by atoms with Crippen LogP contribution in [0.4, 0.5) is 0 Å². The first-order valence-electron chi connectivity index (χ1n) is 15.7. The lowest BCUT2D eigenvalue weighted by molar-refractivity contribution is -0.0827. The van der Waals surface area contributed by atoms with Gasteiger partial charge in [-0.3, -0.25) is 0 Å². The third kappa shape index (κ3) is 9.76. The molecule has 0 atom stereocenters. The maximum Gasteiger partial charge on any atom is 0.162 e. The summed E-state index contributed by atoms with van der Waals surface area (Å²) in [6, 6.07) is 38.9. The van der Waals surface area contributed by atoms with Gasteiger partial charge >= 0.3 is 0 Å². The van der Waals surface area contributed by atoms with E-state index in [0.717, 1.165) is 23.9 Å². The lowest BCUT2D eigenvalue weighted by atomic mass is 10.1. The molecule has 0 unspecified atom stereocenters. The molecule has 0 aliphatic rings. The Hall–Kier alpha value is -2.47. The molecule has 0 fully saturated rings. The van der Waals surface area contributed by atoms with Gasteiger partial charge in [0.25, 0.3) is 0 Å². The number of unbranched alkanes of at least 4 members (excludes halogenated alkanes) is 5. The van der Waals surface area contributed by atoms with E-state index < -0.39 is 7.26 Å². The molecule has 4 rings (SSSR count). The molecule has 2 radical (unpaired) electrons.